The lowest BCUT2D eigenvalue weighted by Crippen LogP contribution is -2.33. The molecule has 31 heavy (non-hydrogen) atoms. The number of hydrogen-bond donors (Lipinski definition) is 1. The van der Waals surface area contributed by atoms with E-state index in [-0.39, 0.29) is 11.9 Å². The average molecular weight is 441 g/mol. The SMILES string of the molecule is CCOC(=O)c1c(NC(=O)c2ccc(CN3CCC[C@@H](C)C3)cc2)sc2c1CCCC2. The number of benzene rings is 1. The van der Waals surface area contributed by atoms with E-state index < -0.39 is 0 Å². The molecule has 1 amide bonds. The van der Waals surface area contributed by atoms with E-state index in [0.29, 0.717) is 22.7 Å². The Kier molecular flexibility index (Phi) is 7.08. The highest BCUT2D eigenvalue weighted by molar-refractivity contribution is 7.17. The minimum Gasteiger partial charge on any atom is -0.462 e. The predicted octanol–water partition coefficient (Wildman–Crippen LogP) is 5.29. The van der Waals surface area contributed by atoms with Crippen LogP contribution in [0.15, 0.2) is 24.3 Å². The summed E-state index contributed by atoms with van der Waals surface area (Å²) in [7, 11) is 0. The summed E-state index contributed by atoms with van der Waals surface area (Å²) in [5, 5.41) is 3.62. The molecule has 2 aromatic rings. The molecule has 4 rings (SSSR count). The number of anilines is 1. The van der Waals surface area contributed by atoms with Gasteiger partial charge in [-0.15, -0.1) is 11.3 Å². The third kappa shape index (κ3) is 5.18. The Morgan fingerprint density at radius 1 is 1.16 bits per heavy atom. The molecule has 6 heteroatoms. The van der Waals surface area contributed by atoms with Gasteiger partial charge in [-0.3, -0.25) is 9.69 Å². The van der Waals surface area contributed by atoms with Crippen LogP contribution in [0.25, 0.3) is 0 Å². The molecule has 1 aliphatic carbocycles. The molecule has 1 aliphatic heterocycles. The van der Waals surface area contributed by atoms with Crippen molar-refractivity contribution in [3.63, 3.8) is 0 Å². The second kappa shape index (κ2) is 9.96. The Hall–Kier alpha value is -2.18. The molecule has 1 atom stereocenters. The van der Waals surface area contributed by atoms with Crippen LogP contribution < -0.4 is 5.32 Å². The van der Waals surface area contributed by atoms with E-state index in [0.717, 1.165) is 56.8 Å². The molecule has 1 N–H and O–H groups in total. The highest BCUT2D eigenvalue weighted by Crippen LogP contribution is 2.38. The number of rotatable bonds is 6. The number of esters is 1. The summed E-state index contributed by atoms with van der Waals surface area (Å²) in [5.41, 5.74) is 3.46. The van der Waals surface area contributed by atoms with Crippen LogP contribution in [0.2, 0.25) is 0 Å². The monoisotopic (exact) mass is 440 g/mol. The maximum atomic E-state index is 12.9. The van der Waals surface area contributed by atoms with E-state index in [4.69, 9.17) is 4.74 Å². The Balaban J connectivity index is 1.47. The van der Waals surface area contributed by atoms with Gasteiger partial charge in [0.05, 0.1) is 12.2 Å². The fourth-order valence-corrected chi connectivity index (χ4v) is 5.97. The van der Waals surface area contributed by atoms with Gasteiger partial charge in [0.2, 0.25) is 0 Å². The number of hydrogen-bond acceptors (Lipinski definition) is 5. The van der Waals surface area contributed by atoms with Crippen LogP contribution >= 0.6 is 11.3 Å². The number of nitrogens with zero attached hydrogens (tertiary/aromatic N) is 1. The van der Waals surface area contributed by atoms with Gasteiger partial charge in [0.25, 0.3) is 5.91 Å². The first-order chi connectivity index (χ1) is 15.0. The van der Waals surface area contributed by atoms with Crippen LogP contribution in [0.4, 0.5) is 5.00 Å². The lowest BCUT2D eigenvalue weighted by atomic mass is 9.95. The Labute approximate surface area is 188 Å². The number of ether oxygens (including phenoxy) is 1. The predicted molar refractivity (Wildman–Crippen MR) is 125 cm³/mol. The zero-order valence-electron chi connectivity index (χ0n) is 18.5. The maximum Gasteiger partial charge on any atom is 0.341 e. The van der Waals surface area contributed by atoms with Gasteiger partial charge in [0, 0.05) is 23.5 Å². The van der Waals surface area contributed by atoms with Crippen molar-refractivity contribution in [3.8, 4) is 0 Å². The number of likely N-dealkylation sites (tertiary alicyclic amines) is 1. The molecule has 1 saturated heterocycles. The molecule has 0 unspecified atom stereocenters. The van der Waals surface area contributed by atoms with Gasteiger partial charge in [-0.1, -0.05) is 19.1 Å². The van der Waals surface area contributed by atoms with Crippen molar-refractivity contribution < 1.29 is 14.3 Å². The van der Waals surface area contributed by atoms with Crippen LogP contribution in [-0.2, 0) is 24.1 Å². The fourth-order valence-electron chi connectivity index (χ4n) is 4.70. The van der Waals surface area contributed by atoms with Crippen molar-refractivity contribution in [2.75, 3.05) is 25.0 Å². The zero-order chi connectivity index (χ0) is 21.8. The first-order valence-electron chi connectivity index (χ1n) is 11.5. The first-order valence-corrected chi connectivity index (χ1v) is 12.3. The van der Waals surface area contributed by atoms with Crippen LogP contribution in [0.5, 0.6) is 0 Å². The Morgan fingerprint density at radius 2 is 1.94 bits per heavy atom. The number of fused-ring (bicyclic) bond motifs is 1. The molecule has 1 fully saturated rings. The topological polar surface area (TPSA) is 58.6 Å². The number of amides is 1. The van der Waals surface area contributed by atoms with Crippen molar-refractivity contribution in [1.29, 1.82) is 0 Å². The average Bonchev–Trinajstić information content (AvgIpc) is 3.12. The largest absolute Gasteiger partial charge is 0.462 e. The van der Waals surface area contributed by atoms with E-state index in [2.05, 4.69) is 17.1 Å². The number of thiophene rings is 1. The standard InChI is InChI=1S/C25H32N2O3S/c1-3-30-25(29)22-20-8-4-5-9-21(20)31-24(22)26-23(28)19-12-10-18(11-13-19)16-27-14-6-7-17(2)15-27/h10-13,17H,3-9,14-16H2,1-2H3,(H,26,28)/t17-/m1/s1. The molecule has 1 aromatic heterocycles. The van der Waals surface area contributed by atoms with Crippen LogP contribution in [0.1, 0.15) is 76.3 Å². The molecule has 0 radical (unpaired) electrons. The third-order valence-electron chi connectivity index (χ3n) is 6.24. The van der Waals surface area contributed by atoms with Crippen molar-refractivity contribution in [1.82, 2.24) is 4.90 Å². The summed E-state index contributed by atoms with van der Waals surface area (Å²) in [5.74, 6) is 0.245. The fraction of sp³-hybridized carbons (Fsp3) is 0.520. The van der Waals surface area contributed by atoms with Gasteiger partial charge >= 0.3 is 5.97 Å². The molecule has 0 saturated carbocycles. The summed E-state index contributed by atoms with van der Waals surface area (Å²) < 4.78 is 5.29. The highest BCUT2D eigenvalue weighted by atomic mass is 32.1. The summed E-state index contributed by atoms with van der Waals surface area (Å²) in [6.45, 7) is 7.66. The van der Waals surface area contributed by atoms with Crippen molar-refractivity contribution in [3.05, 3.63) is 51.4 Å². The number of carbonyl (C=O) groups is 2. The molecule has 5 nitrogen and oxygen atoms in total. The van der Waals surface area contributed by atoms with Gasteiger partial charge in [-0.2, -0.15) is 0 Å². The molecule has 2 heterocycles. The molecular formula is C25H32N2O3S. The van der Waals surface area contributed by atoms with Crippen molar-refractivity contribution in [2.24, 2.45) is 5.92 Å². The lowest BCUT2D eigenvalue weighted by Gasteiger charge is -2.30. The maximum absolute atomic E-state index is 12.9. The first kappa shape index (κ1) is 22.0. The molecule has 1 aromatic carbocycles. The van der Waals surface area contributed by atoms with Crippen molar-refractivity contribution in [2.45, 2.75) is 58.9 Å². The van der Waals surface area contributed by atoms with E-state index in [1.807, 2.05) is 24.3 Å². The van der Waals surface area contributed by atoms with Gasteiger partial charge in [0.15, 0.2) is 0 Å². The smallest absolute Gasteiger partial charge is 0.341 e. The number of nitrogens with one attached hydrogen (secondary N) is 1. The highest BCUT2D eigenvalue weighted by Gasteiger charge is 2.27. The van der Waals surface area contributed by atoms with E-state index in [1.165, 1.54) is 34.6 Å². The minimum atomic E-state index is -0.330. The van der Waals surface area contributed by atoms with Gasteiger partial charge < -0.3 is 10.1 Å². The van der Waals surface area contributed by atoms with Gasteiger partial charge in [-0.05, 0) is 81.2 Å². The number of carbonyl (C=O) groups excluding carboxylic acids is 2. The van der Waals surface area contributed by atoms with Gasteiger partial charge in [0.1, 0.15) is 5.00 Å². The quantitative estimate of drug-likeness (QED) is 0.620. The molecule has 166 valence electrons. The van der Waals surface area contributed by atoms with Crippen LogP contribution in [0.3, 0.4) is 0 Å². The summed E-state index contributed by atoms with van der Waals surface area (Å²) in [6, 6.07) is 7.85. The second-order valence-electron chi connectivity index (χ2n) is 8.77. The summed E-state index contributed by atoms with van der Waals surface area (Å²) in [6.07, 6.45) is 6.61. The number of piperidine rings is 1. The minimum absolute atomic E-state index is 0.178. The Bertz CT molecular complexity index is 935. The molecule has 0 spiro atoms. The third-order valence-corrected chi connectivity index (χ3v) is 7.45. The van der Waals surface area contributed by atoms with Crippen LogP contribution in [0, 0.1) is 5.92 Å². The normalized spacial score (nSPS) is 19.0. The summed E-state index contributed by atoms with van der Waals surface area (Å²) in [4.78, 5) is 29.2. The van der Waals surface area contributed by atoms with Gasteiger partial charge in [-0.25, -0.2) is 4.79 Å². The zero-order valence-corrected chi connectivity index (χ0v) is 19.4. The summed E-state index contributed by atoms with van der Waals surface area (Å²) >= 11 is 1.53. The van der Waals surface area contributed by atoms with E-state index >= 15 is 0 Å². The van der Waals surface area contributed by atoms with E-state index in [9.17, 15) is 9.59 Å². The molecular weight excluding hydrogens is 408 g/mol. The second-order valence-corrected chi connectivity index (χ2v) is 9.87. The van der Waals surface area contributed by atoms with Crippen LogP contribution in [-0.4, -0.2) is 36.5 Å². The van der Waals surface area contributed by atoms with E-state index in [1.54, 1.807) is 6.92 Å². The lowest BCUT2D eigenvalue weighted by molar-refractivity contribution is 0.0526. The molecule has 2 aliphatic rings. The Morgan fingerprint density at radius 3 is 2.68 bits per heavy atom. The molecule has 0 bridgehead atoms. The number of aryl methyl sites for hydroxylation is 1. The van der Waals surface area contributed by atoms with Crippen molar-refractivity contribution >= 4 is 28.2 Å².